The van der Waals surface area contributed by atoms with Gasteiger partial charge in [0.05, 0.1) is 5.52 Å². The Morgan fingerprint density at radius 3 is 3.00 bits per heavy atom. The Labute approximate surface area is 89.1 Å². The quantitative estimate of drug-likeness (QED) is 0.627. The van der Waals surface area contributed by atoms with Crippen LogP contribution in [-0.4, -0.2) is 4.57 Å². The maximum atomic E-state index is 4.44. The highest BCUT2D eigenvalue weighted by molar-refractivity contribution is 7.80. The van der Waals surface area contributed by atoms with Crippen LogP contribution in [0.25, 0.3) is 10.9 Å². The zero-order valence-corrected chi connectivity index (χ0v) is 9.14. The van der Waals surface area contributed by atoms with E-state index in [0.29, 0.717) is 0 Å². The van der Waals surface area contributed by atoms with Crippen LogP contribution in [0.5, 0.6) is 0 Å². The molecule has 0 N–H and O–H groups in total. The van der Waals surface area contributed by atoms with E-state index < -0.39 is 0 Å². The van der Waals surface area contributed by atoms with Gasteiger partial charge in [-0.2, -0.15) is 0 Å². The first-order chi connectivity index (χ1) is 6.75. The minimum Gasteiger partial charge on any atom is -0.345 e. The van der Waals surface area contributed by atoms with E-state index in [0.717, 1.165) is 4.90 Å². The van der Waals surface area contributed by atoms with Crippen LogP contribution in [0.4, 0.5) is 0 Å². The molecule has 2 heterocycles. The van der Waals surface area contributed by atoms with E-state index in [9.17, 15) is 0 Å². The van der Waals surface area contributed by atoms with Crippen LogP contribution in [0.1, 0.15) is 17.7 Å². The van der Waals surface area contributed by atoms with Crippen molar-refractivity contribution in [2.24, 2.45) is 0 Å². The van der Waals surface area contributed by atoms with Crippen LogP contribution in [0.2, 0.25) is 0 Å². The Hall–Kier alpha value is -0.890. The van der Waals surface area contributed by atoms with Gasteiger partial charge in [0.25, 0.3) is 0 Å². The Morgan fingerprint density at radius 1 is 1.29 bits per heavy atom. The van der Waals surface area contributed by atoms with Gasteiger partial charge in [0, 0.05) is 22.5 Å². The molecule has 1 nitrogen and oxygen atoms in total. The summed E-state index contributed by atoms with van der Waals surface area (Å²) in [6.07, 6.45) is 2.46. The Kier molecular flexibility index (Phi) is 1.68. The molecule has 3 rings (SSSR count). The molecule has 0 spiro atoms. The lowest BCUT2D eigenvalue weighted by molar-refractivity contribution is 0.622. The number of aromatic nitrogens is 1. The summed E-state index contributed by atoms with van der Waals surface area (Å²) >= 11 is 4.44. The van der Waals surface area contributed by atoms with Crippen molar-refractivity contribution in [3.05, 3.63) is 29.5 Å². The third-order valence-electron chi connectivity index (χ3n) is 3.09. The molecule has 0 atom stereocenters. The summed E-state index contributed by atoms with van der Waals surface area (Å²) < 4.78 is 2.43. The lowest BCUT2D eigenvalue weighted by Crippen LogP contribution is -2.08. The molecule has 0 radical (unpaired) electrons. The fourth-order valence-corrected chi connectivity index (χ4v) is 2.82. The van der Waals surface area contributed by atoms with Gasteiger partial charge in [0.2, 0.25) is 0 Å². The van der Waals surface area contributed by atoms with Gasteiger partial charge in [0.1, 0.15) is 0 Å². The van der Waals surface area contributed by atoms with E-state index in [-0.39, 0.29) is 0 Å². The second-order valence-electron chi connectivity index (χ2n) is 4.08. The number of hydrogen-bond acceptors (Lipinski definition) is 1. The Balaban J connectivity index is 2.48. The van der Waals surface area contributed by atoms with Crippen LogP contribution in [0.3, 0.4) is 0 Å². The smallest absolute Gasteiger partial charge is 0.0515 e. The van der Waals surface area contributed by atoms with Crippen LogP contribution in [0, 0.1) is 6.92 Å². The van der Waals surface area contributed by atoms with Gasteiger partial charge in [-0.1, -0.05) is 0 Å². The maximum Gasteiger partial charge on any atom is 0.0515 e. The minimum absolute atomic E-state index is 1.09. The summed E-state index contributed by atoms with van der Waals surface area (Å²) in [6.45, 7) is 3.36. The summed E-state index contributed by atoms with van der Waals surface area (Å²) in [5.41, 5.74) is 4.28. The average Bonchev–Trinajstić information content (AvgIpc) is 2.45. The van der Waals surface area contributed by atoms with Gasteiger partial charge < -0.3 is 4.57 Å². The highest BCUT2D eigenvalue weighted by atomic mass is 32.1. The molecule has 72 valence electrons. The Bertz CT molecular complexity index is 511. The van der Waals surface area contributed by atoms with E-state index in [4.69, 9.17) is 0 Å². The largest absolute Gasteiger partial charge is 0.345 e. The molecule has 1 aliphatic rings. The predicted molar refractivity (Wildman–Crippen MR) is 62.2 cm³/mol. The first-order valence-corrected chi connectivity index (χ1v) is 5.52. The van der Waals surface area contributed by atoms with Crippen molar-refractivity contribution < 1.29 is 0 Å². The third-order valence-corrected chi connectivity index (χ3v) is 3.35. The molecule has 0 aliphatic carbocycles. The monoisotopic (exact) mass is 203 g/mol. The van der Waals surface area contributed by atoms with E-state index in [1.165, 1.54) is 41.5 Å². The van der Waals surface area contributed by atoms with Crippen molar-refractivity contribution in [2.75, 3.05) is 0 Å². The summed E-state index contributed by atoms with van der Waals surface area (Å²) in [6, 6.07) is 6.64. The van der Waals surface area contributed by atoms with E-state index in [2.05, 4.69) is 42.3 Å². The first kappa shape index (κ1) is 8.42. The summed E-state index contributed by atoms with van der Waals surface area (Å²) in [5, 5.41) is 1.35. The molecule has 1 aromatic carbocycles. The average molecular weight is 203 g/mol. The van der Waals surface area contributed by atoms with Crippen molar-refractivity contribution in [2.45, 2.75) is 31.2 Å². The van der Waals surface area contributed by atoms with Crippen molar-refractivity contribution in [1.29, 1.82) is 0 Å². The standard InChI is InChI=1S/C12H13NS/c1-8-5-10-7-11(14)6-9-3-2-4-13(8)12(9)10/h5-7,14H,2-4H2,1H3. The Morgan fingerprint density at radius 2 is 2.14 bits per heavy atom. The fourth-order valence-electron chi connectivity index (χ4n) is 2.53. The van der Waals surface area contributed by atoms with Gasteiger partial charge >= 0.3 is 0 Å². The number of thiol groups is 1. The molecule has 0 amide bonds. The minimum atomic E-state index is 1.09. The van der Waals surface area contributed by atoms with Crippen molar-refractivity contribution >= 4 is 23.5 Å². The van der Waals surface area contributed by atoms with Crippen molar-refractivity contribution in [3.63, 3.8) is 0 Å². The molecular weight excluding hydrogens is 190 g/mol. The predicted octanol–water partition coefficient (Wildman–Crippen LogP) is 3.18. The highest BCUT2D eigenvalue weighted by Gasteiger charge is 2.14. The molecule has 14 heavy (non-hydrogen) atoms. The molecule has 1 aliphatic heterocycles. The van der Waals surface area contributed by atoms with E-state index in [1.54, 1.807) is 0 Å². The second kappa shape index (κ2) is 2.80. The van der Waals surface area contributed by atoms with Crippen molar-refractivity contribution in [3.8, 4) is 0 Å². The zero-order valence-electron chi connectivity index (χ0n) is 8.25. The summed E-state index contributed by atoms with van der Waals surface area (Å²) in [7, 11) is 0. The van der Waals surface area contributed by atoms with Gasteiger partial charge in [-0.15, -0.1) is 12.6 Å². The SMILES string of the molecule is Cc1cc2cc(S)cc3c2n1CCC3. The molecule has 0 bridgehead atoms. The van der Waals surface area contributed by atoms with Gasteiger partial charge in [-0.25, -0.2) is 0 Å². The maximum absolute atomic E-state index is 4.44. The van der Waals surface area contributed by atoms with Gasteiger partial charge in [-0.3, -0.25) is 0 Å². The second-order valence-corrected chi connectivity index (χ2v) is 4.60. The number of nitrogens with zero attached hydrogens (tertiary/aromatic N) is 1. The normalized spacial score (nSPS) is 15.0. The fraction of sp³-hybridized carbons (Fsp3) is 0.333. The molecule has 1 aromatic heterocycles. The third kappa shape index (κ3) is 1.04. The van der Waals surface area contributed by atoms with Gasteiger partial charge in [-0.05, 0) is 43.5 Å². The zero-order chi connectivity index (χ0) is 9.71. The number of benzene rings is 1. The summed E-state index contributed by atoms with van der Waals surface area (Å²) in [4.78, 5) is 1.09. The van der Waals surface area contributed by atoms with Crippen LogP contribution in [-0.2, 0) is 13.0 Å². The van der Waals surface area contributed by atoms with E-state index in [1.807, 2.05) is 0 Å². The lowest BCUT2D eigenvalue weighted by atomic mass is 10.0. The van der Waals surface area contributed by atoms with Crippen LogP contribution in [0.15, 0.2) is 23.1 Å². The number of rotatable bonds is 0. The first-order valence-electron chi connectivity index (χ1n) is 5.07. The van der Waals surface area contributed by atoms with Crippen LogP contribution < -0.4 is 0 Å². The molecule has 0 unspecified atom stereocenters. The highest BCUT2D eigenvalue weighted by Crippen LogP contribution is 2.30. The molecular formula is C12H13NS. The molecule has 2 heteroatoms. The van der Waals surface area contributed by atoms with Crippen LogP contribution >= 0.6 is 12.6 Å². The topological polar surface area (TPSA) is 4.93 Å². The molecule has 0 saturated heterocycles. The lowest BCUT2D eigenvalue weighted by Gasteiger charge is -2.17. The number of hydrogen-bond donors (Lipinski definition) is 1. The molecule has 0 fully saturated rings. The van der Waals surface area contributed by atoms with Crippen molar-refractivity contribution in [1.82, 2.24) is 4.57 Å². The molecule has 0 saturated carbocycles. The summed E-state index contributed by atoms with van der Waals surface area (Å²) in [5.74, 6) is 0. The molecule has 2 aromatic rings. The number of aryl methyl sites for hydroxylation is 3. The van der Waals surface area contributed by atoms with E-state index >= 15 is 0 Å². The van der Waals surface area contributed by atoms with Gasteiger partial charge in [0.15, 0.2) is 0 Å².